The number of para-hydroxylation sites is 1. The number of aliphatic hydroxyl groups excluding tert-OH is 1. The molecular weight excluding hydrogens is 370 g/mol. The van der Waals surface area contributed by atoms with E-state index >= 15 is 0 Å². The number of nitrogens with zero attached hydrogens (tertiary/aromatic N) is 2. The lowest BCUT2D eigenvalue weighted by atomic mass is 9.62. The van der Waals surface area contributed by atoms with Crippen LogP contribution in [0.15, 0.2) is 48.7 Å². The number of thiol groups is 1. The quantitative estimate of drug-likeness (QED) is 0.516. The van der Waals surface area contributed by atoms with Crippen molar-refractivity contribution in [1.82, 2.24) is 9.88 Å². The van der Waals surface area contributed by atoms with E-state index in [4.69, 9.17) is 17.4 Å². The highest BCUT2D eigenvalue weighted by molar-refractivity contribution is 7.82. The van der Waals surface area contributed by atoms with Crippen LogP contribution in [0.5, 0.6) is 11.5 Å². The van der Waals surface area contributed by atoms with Crippen LogP contribution in [0.25, 0.3) is 0 Å². The molecule has 1 aliphatic carbocycles. The molecule has 4 rings (SSSR count). The van der Waals surface area contributed by atoms with Gasteiger partial charge in [0.25, 0.3) is 0 Å². The van der Waals surface area contributed by atoms with Crippen LogP contribution in [0.2, 0.25) is 5.31 Å². The minimum atomic E-state index is -0.688. The van der Waals surface area contributed by atoms with Crippen LogP contribution in [-0.2, 0) is 0 Å². The second-order valence-corrected chi connectivity index (χ2v) is 9.79. The molecule has 5 nitrogen and oxygen atoms in total. The fraction of sp³-hybridized carbons (Fsp3) is 0.450. The van der Waals surface area contributed by atoms with Gasteiger partial charge < -0.3 is 14.9 Å². The van der Waals surface area contributed by atoms with Crippen LogP contribution >= 0.6 is 12.6 Å². The van der Waals surface area contributed by atoms with E-state index in [0.717, 1.165) is 31.7 Å². The molecule has 0 spiro atoms. The molecule has 1 aliphatic heterocycles. The lowest BCUT2D eigenvalue weighted by molar-refractivity contribution is 0.109. The van der Waals surface area contributed by atoms with Gasteiger partial charge in [-0.1, -0.05) is 18.2 Å². The highest BCUT2D eigenvalue weighted by Gasteiger charge is 2.62. The number of β-amino-alcohol motifs (C(OH)–C–C–N with tert-alkyl or cyclic N) is 1. The average Bonchev–Trinajstić information content (AvgIpc) is 2.95. The summed E-state index contributed by atoms with van der Waals surface area (Å²) in [6, 6.07) is 13.2. The number of ether oxygens (including phenoxy) is 1. The first-order chi connectivity index (χ1) is 13.2. The Bertz CT molecular complexity index is 821. The lowest BCUT2D eigenvalue weighted by Crippen LogP contribution is -2.39. The lowest BCUT2D eigenvalue weighted by Gasteiger charge is -2.31. The summed E-state index contributed by atoms with van der Waals surface area (Å²) in [7, 11) is 4.46. The van der Waals surface area contributed by atoms with Crippen LogP contribution in [0.1, 0.15) is 24.6 Å². The standard InChI is InChI=1S/C20H26B2N2O3S/c21-18-10-20(22,27-15-4-2-1-3-5-15)11-19(18,28)13-24(12-18)9-17(26)16-7-6-14(25)8-23-16/h1-8,17,25-26,28H,9-13,21-22H2/t17?,18-,19+,20-/m1/s1. The summed E-state index contributed by atoms with van der Waals surface area (Å²) in [5, 5.41) is 19.9. The Hall–Kier alpha value is -1.63. The number of hydrogen-bond donors (Lipinski definition) is 3. The average molecular weight is 396 g/mol. The fourth-order valence-electron chi connectivity index (χ4n) is 5.16. The Morgan fingerprint density at radius 1 is 1.14 bits per heavy atom. The number of hydrogen-bond acceptors (Lipinski definition) is 6. The molecule has 1 unspecified atom stereocenters. The van der Waals surface area contributed by atoms with E-state index in [0.29, 0.717) is 12.2 Å². The molecule has 4 atom stereocenters. The summed E-state index contributed by atoms with van der Waals surface area (Å²) in [5.41, 5.74) is 0.326. The van der Waals surface area contributed by atoms with Gasteiger partial charge in [0.1, 0.15) is 25.4 Å². The third-order valence-electron chi connectivity index (χ3n) is 6.26. The second-order valence-electron chi connectivity index (χ2n) is 8.94. The number of aromatic nitrogens is 1. The largest absolute Gasteiger partial charge is 0.506 e. The number of aliphatic hydroxyl groups is 1. The first kappa shape index (κ1) is 19.7. The zero-order valence-corrected chi connectivity index (χ0v) is 17.3. The first-order valence-electron chi connectivity index (χ1n) is 9.72. The van der Waals surface area contributed by atoms with Crippen molar-refractivity contribution in [1.29, 1.82) is 0 Å². The maximum absolute atomic E-state index is 10.6. The van der Waals surface area contributed by atoms with Gasteiger partial charge in [0, 0.05) is 17.8 Å². The van der Waals surface area contributed by atoms with Gasteiger partial charge in [-0.2, -0.15) is 12.6 Å². The van der Waals surface area contributed by atoms with E-state index in [1.165, 1.54) is 6.20 Å². The van der Waals surface area contributed by atoms with E-state index < -0.39 is 6.10 Å². The summed E-state index contributed by atoms with van der Waals surface area (Å²) in [5.74, 6) is 1.00. The molecule has 8 heteroatoms. The molecule has 2 fully saturated rings. The van der Waals surface area contributed by atoms with Gasteiger partial charge in [-0.25, -0.2) is 0 Å². The third kappa shape index (κ3) is 3.65. The van der Waals surface area contributed by atoms with Crippen molar-refractivity contribution < 1.29 is 14.9 Å². The molecule has 1 saturated heterocycles. The number of fused-ring (bicyclic) bond motifs is 1. The van der Waals surface area contributed by atoms with Gasteiger partial charge in [0.15, 0.2) is 7.85 Å². The van der Waals surface area contributed by atoms with Crippen molar-refractivity contribution >= 4 is 28.3 Å². The molecular formula is C20H26B2N2O3S. The zero-order valence-electron chi connectivity index (χ0n) is 16.4. The van der Waals surface area contributed by atoms with E-state index in [1.807, 2.05) is 30.3 Å². The van der Waals surface area contributed by atoms with E-state index in [-0.39, 0.29) is 21.3 Å². The Balaban J connectivity index is 1.43. The summed E-state index contributed by atoms with van der Waals surface area (Å²) in [6.07, 6.45) is 2.46. The van der Waals surface area contributed by atoms with Crippen molar-refractivity contribution in [3.63, 3.8) is 0 Å². The number of pyridine rings is 1. The Morgan fingerprint density at radius 3 is 2.54 bits per heavy atom. The minimum absolute atomic E-state index is 0.00173. The molecule has 2 aliphatic rings. The van der Waals surface area contributed by atoms with Gasteiger partial charge in [-0.15, -0.1) is 0 Å². The molecule has 1 saturated carbocycles. The molecule has 146 valence electrons. The number of likely N-dealkylation sites (tertiary alicyclic amines) is 1. The van der Waals surface area contributed by atoms with Crippen molar-refractivity contribution in [2.75, 3.05) is 19.6 Å². The van der Waals surface area contributed by atoms with Crippen LogP contribution < -0.4 is 4.74 Å². The second kappa shape index (κ2) is 7.01. The molecule has 1 aromatic carbocycles. The minimum Gasteiger partial charge on any atom is -0.506 e. The van der Waals surface area contributed by atoms with Gasteiger partial charge in [-0.05, 0) is 49.0 Å². The molecule has 0 amide bonds. The molecule has 28 heavy (non-hydrogen) atoms. The topological polar surface area (TPSA) is 65.8 Å². The van der Waals surface area contributed by atoms with Gasteiger partial charge in [-0.3, -0.25) is 9.88 Å². The smallest absolute Gasteiger partial charge is 0.158 e. The van der Waals surface area contributed by atoms with Gasteiger partial charge >= 0.3 is 0 Å². The molecule has 2 heterocycles. The zero-order chi connectivity index (χ0) is 20.0. The van der Waals surface area contributed by atoms with Crippen LogP contribution in [0.3, 0.4) is 0 Å². The maximum Gasteiger partial charge on any atom is 0.158 e. The highest BCUT2D eigenvalue weighted by Crippen LogP contribution is 2.62. The summed E-state index contributed by atoms with van der Waals surface area (Å²) < 4.78 is 6.21. The summed E-state index contributed by atoms with van der Waals surface area (Å²) >= 11 is 5.13. The van der Waals surface area contributed by atoms with Crippen LogP contribution in [0, 0.1) is 0 Å². The summed E-state index contributed by atoms with van der Waals surface area (Å²) in [6.45, 7) is 2.17. The van der Waals surface area contributed by atoms with Crippen molar-refractivity contribution in [2.45, 2.75) is 34.5 Å². The van der Waals surface area contributed by atoms with E-state index in [2.05, 4.69) is 25.6 Å². The molecule has 2 N–H and O–H groups in total. The Kier molecular flexibility index (Phi) is 4.92. The van der Waals surface area contributed by atoms with Gasteiger partial charge in [0.05, 0.1) is 17.4 Å². The molecule has 0 radical (unpaired) electrons. The molecule has 2 aromatic rings. The number of rotatable bonds is 5. The van der Waals surface area contributed by atoms with Crippen LogP contribution in [0.4, 0.5) is 0 Å². The van der Waals surface area contributed by atoms with E-state index in [1.54, 1.807) is 12.1 Å². The van der Waals surface area contributed by atoms with Gasteiger partial charge in [0.2, 0.25) is 0 Å². The predicted octanol–water partition coefficient (Wildman–Crippen LogP) is 0.799. The normalized spacial score (nSPS) is 33.5. The number of benzene rings is 1. The Labute approximate surface area is 173 Å². The number of aromatic hydroxyl groups is 1. The van der Waals surface area contributed by atoms with Crippen molar-refractivity contribution in [3.05, 3.63) is 54.4 Å². The first-order valence-corrected chi connectivity index (χ1v) is 10.2. The van der Waals surface area contributed by atoms with E-state index in [9.17, 15) is 10.2 Å². The predicted molar refractivity (Wildman–Crippen MR) is 118 cm³/mol. The van der Waals surface area contributed by atoms with Crippen LogP contribution in [-0.4, -0.2) is 65.7 Å². The monoisotopic (exact) mass is 396 g/mol. The highest BCUT2D eigenvalue weighted by atomic mass is 32.1. The molecule has 1 aromatic heterocycles. The summed E-state index contributed by atoms with van der Waals surface area (Å²) in [4.78, 5) is 6.40. The maximum atomic E-state index is 10.6. The van der Waals surface area contributed by atoms with Crippen molar-refractivity contribution in [2.24, 2.45) is 0 Å². The van der Waals surface area contributed by atoms with Crippen molar-refractivity contribution in [3.8, 4) is 11.5 Å². The fourth-order valence-corrected chi connectivity index (χ4v) is 5.84. The molecule has 0 bridgehead atoms. The Morgan fingerprint density at radius 2 is 1.89 bits per heavy atom. The third-order valence-corrected chi connectivity index (χ3v) is 7.10. The SMILES string of the molecule is B[C@@]1(Oc2ccccc2)C[C@@]2(B)CN(CC(O)c3ccc(O)cn3)C[C@@]2(S)C1.